The topological polar surface area (TPSA) is 29.9 Å². The zero-order valence-corrected chi connectivity index (χ0v) is 9.03. The van der Waals surface area contributed by atoms with Crippen LogP contribution in [0.4, 0.5) is 5.82 Å². The van der Waals surface area contributed by atoms with Crippen molar-refractivity contribution in [2.75, 3.05) is 5.32 Å². The summed E-state index contributed by atoms with van der Waals surface area (Å²) in [7, 11) is 0. The number of hydrogen-bond donors (Lipinski definition) is 1. The fourth-order valence-electron chi connectivity index (χ4n) is 1.91. The van der Waals surface area contributed by atoms with E-state index in [1.54, 1.807) is 0 Å². The van der Waals surface area contributed by atoms with Crippen LogP contribution in [0.15, 0.2) is 12.3 Å². The fourth-order valence-corrected chi connectivity index (χ4v) is 1.91. The van der Waals surface area contributed by atoms with E-state index >= 15 is 0 Å². The molecule has 0 spiro atoms. The molecule has 0 radical (unpaired) electrons. The molecule has 3 nitrogen and oxygen atoms in total. The number of aromatic nitrogens is 2. The maximum absolute atomic E-state index is 4.42. The predicted molar refractivity (Wildman–Crippen MR) is 58.3 cm³/mol. The minimum absolute atomic E-state index is 0.573. The smallest absolute Gasteiger partial charge is 0.148 e. The Hall–Kier alpha value is -0.990. The van der Waals surface area contributed by atoms with Gasteiger partial charge in [0.1, 0.15) is 5.82 Å². The lowest BCUT2D eigenvalue weighted by Gasteiger charge is -2.31. The Kier molecular flexibility index (Phi) is 2.75. The van der Waals surface area contributed by atoms with Crippen molar-refractivity contribution in [3.05, 3.63) is 12.3 Å². The van der Waals surface area contributed by atoms with E-state index in [1.165, 1.54) is 19.3 Å². The van der Waals surface area contributed by atoms with Gasteiger partial charge in [0.25, 0.3) is 0 Å². The summed E-state index contributed by atoms with van der Waals surface area (Å²) in [6.45, 7) is 5.31. The molecule has 3 heteroatoms. The first-order valence-electron chi connectivity index (χ1n) is 5.59. The van der Waals surface area contributed by atoms with Crippen molar-refractivity contribution in [2.45, 2.75) is 45.7 Å². The van der Waals surface area contributed by atoms with E-state index in [9.17, 15) is 0 Å². The van der Waals surface area contributed by atoms with Crippen molar-refractivity contribution in [3.8, 4) is 0 Å². The lowest BCUT2D eigenvalue weighted by atomic mass is 9.80. The molecule has 2 rings (SSSR count). The summed E-state index contributed by atoms with van der Waals surface area (Å²) in [6.07, 6.45) is 6.18. The Bertz CT molecular complexity index is 288. The first-order valence-corrected chi connectivity index (χ1v) is 5.59. The average Bonchev–Trinajstić information content (AvgIpc) is 2.48. The second-order valence-electron chi connectivity index (χ2n) is 4.18. The van der Waals surface area contributed by atoms with E-state index in [2.05, 4.69) is 30.3 Å². The normalized spacial score (nSPS) is 19.0. The van der Waals surface area contributed by atoms with Gasteiger partial charge >= 0.3 is 0 Å². The molecule has 1 saturated carbocycles. The molecule has 0 amide bonds. The van der Waals surface area contributed by atoms with Crippen LogP contribution in [0.1, 0.15) is 33.1 Å². The number of hydrogen-bond acceptors (Lipinski definition) is 2. The molecule has 1 N–H and O–H groups in total. The van der Waals surface area contributed by atoms with Gasteiger partial charge in [-0.25, -0.2) is 0 Å². The van der Waals surface area contributed by atoms with Crippen molar-refractivity contribution in [1.29, 1.82) is 0 Å². The Labute approximate surface area is 85.5 Å². The molecule has 0 bridgehead atoms. The zero-order valence-electron chi connectivity index (χ0n) is 9.03. The highest BCUT2D eigenvalue weighted by molar-refractivity contribution is 5.33. The van der Waals surface area contributed by atoms with E-state index < -0.39 is 0 Å². The minimum atomic E-state index is 0.573. The maximum Gasteiger partial charge on any atom is 0.148 e. The standard InChI is InChI=1S/C11H19N3/c1-3-14-8-7-11(13-14)12-9(2)10-5-4-6-10/h7-10H,3-6H2,1-2H3,(H,12,13). The average molecular weight is 193 g/mol. The van der Waals surface area contributed by atoms with Crippen LogP contribution in [0, 0.1) is 5.92 Å². The molecule has 14 heavy (non-hydrogen) atoms. The van der Waals surface area contributed by atoms with Gasteiger partial charge in [0.05, 0.1) is 0 Å². The van der Waals surface area contributed by atoms with Crippen molar-refractivity contribution in [2.24, 2.45) is 5.92 Å². The molecule has 1 unspecified atom stereocenters. The molecule has 0 aromatic carbocycles. The van der Waals surface area contributed by atoms with Gasteiger partial charge in [0, 0.05) is 24.8 Å². The summed E-state index contributed by atoms with van der Waals surface area (Å²) in [5.41, 5.74) is 0. The molecule has 0 aliphatic heterocycles. The number of nitrogens with one attached hydrogen (secondary N) is 1. The van der Waals surface area contributed by atoms with E-state index in [0.29, 0.717) is 6.04 Å². The molecule has 1 aliphatic carbocycles. The number of anilines is 1. The molecular weight excluding hydrogens is 174 g/mol. The quantitative estimate of drug-likeness (QED) is 0.796. The van der Waals surface area contributed by atoms with Gasteiger partial charge in [-0.3, -0.25) is 4.68 Å². The van der Waals surface area contributed by atoms with E-state index in [-0.39, 0.29) is 0 Å². The highest BCUT2D eigenvalue weighted by atomic mass is 15.3. The first kappa shape index (κ1) is 9.56. The molecule has 1 aromatic heterocycles. The summed E-state index contributed by atoms with van der Waals surface area (Å²) in [5, 5.41) is 7.88. The molecule has 1 aromatic rings. The molecule has 1 aliphatic rings. The molecule has 1 fully saturated rings. The lowest BCUT2D eigenvalue weighted by molar-refractivity contribution is 0.285. The lowest BCUT2D eigenvalue weighted by Crippen LogP contribution is -2.30. The van der Waals surface area contributed by atoms with Crippen molar-refractivity contribution in [3.63, 3.8) is 0 Å². The highest BCUT2D eigenvalue weighted by Crippen LogP contribution is 2.30. The molecule has 78 valence electrons. The Morgan fingerprint density at radius 2 is 2.43 bits per heavy atom. The van der Waals surface area contributed by atoms with Gasteiger partial charge in [-0.2, -0.15) is 5.10 Å². The first-order chi connectivity index (χ1) is 6.79. The predicted octanol–water partition coefficient (Wildman–Crippen LogP) is 2.50. The van der Waals surface area contributed by atoms with Crippen molar-refractivity contribution >= 4 is 5.82 Å². The van der Waals surface area contributed by atoms with Crippen LogP contribution in [0.5, 0.6) is 0 Å². The Morgan fingerprint density at radius 1 is 1.64 bits per heavy atom. The van der Waals surface area contributed by atoms with Gasteiger partial charge in [0.2, 0.25) is 0 Å². The van der Waals surface area contributed by atoms with Crippen LogP contribution in [0.3, 0.4) is 0 Å². The van der Waals surface area contributed by atoms with Gasteiger partial charge in [-0.1, -0.05) is 6.42 Å². The summed E-state index contributed by atoms with van der Waals surface area (Å²) < 4.78 is 1.95. The molecule has 1 heterocycles. The third kappa shape index (κ3) is 1.91. The third-order valence-corrected chi connectivity index (χ3v) is 3.20. The zero-order chi connectivity index (χ0) is 9.97. The van der Waals surface area contributed by atoms with Gasteiger partial charge < -0.3 is 5.32 Å². The monoisotopic (exact) mass is 193 g/mol. The van der Waals surface area contributed by atoms with Crippen molar-refractivity contribution < 1.29 is 0 Å². The van der Waals surface area contributed by atoms with E-state index in [1.807, 2.05) is 10.9 Å². The summed E-state index contributed by atoms with van der Waals surface area (Å²) >= 11 is 0. The Morgan fingerprint density at radius 3 is 2.93 bits per heavy atom. The summed E-state index contributed by atoms with van der Waals surface area (Å²) in [6, 6.07) is 2.63. The fraction of sp³-hybridized carbons (Fsp3) is 0.727. The van der Waals surface area contributed by atoms with E-state index in [0.717, 1.165) is 18.3 Å². The van der Waals surface area contributed by atoms with Crippen LogP contribution in [-0.2, 0) is 6.54 Å². The van der Waals surface area contributed by atoms with Crippen LogP contribution in [0.2, 0.25) is 0 Å². The van der Waals surface area contributed by atoms with Crippen LogP contribution < -0.4 is 5.32 Å². The number of aryl methyl sites for hydroxylation is 1. The number of nitrogens with zero attached hydrogens (tertiary/aromatic N) is 2. The summed E-state index contributed by atoms with van der Waals surface area (Å²) in [5.74, 6) is 1.88. The van der Waals surface area contributed by atoms with Gasteiger partial charge in [0.15, 0.2) is 0 Å². The Balaban J connectivity index is 1.89. The maximum atomic E-state index is 4.42. The SMILES string of the molecule is CCn1ccc(NC(C)C2CCC2)n1. The third-order valence-electron chi connectivity index (χ3n) is 3.20. The largest absolute Gasteiger partial charge is 0.366 e. The highest BCUT2D eigenvalue weighted by Gasteiger charge is 2.23. The second-order valence-corrected chi connectivity index (χ2v) is 4.18. The van der Waals surface area contributed by atoms with E-state index in [4.69, 9.17) is 0 Å². The number of rotatable bonds is 4. The van der Waals surface area contributed by atoms with Gasteiger partial charge in [-0.15, -0.1) is 0 Å². The van der Waals surface area contributed by atoms with Crippen molar-refractivity contribution in [1.82, 2.24) is 9.78 Å². The summed E-state index contributed by atoms with van der Waals surface area (Å²) in [4.78, 5) is 0. The second kappa shape index (κ2) is 4.03. The molecule has 1 atom stereocenters. The van der Waals surface area contributed by atoms with Crippen LogP contribution >= 0.6 is 0 Å². The minimum Gasteiger partial charge on any atom is -0.366 e. The van der Waals surface area contributed by atoms with Crippen LogP contribution in [-0.4, -0.2) is 15.8 Å². The molecular formula is C11H19N3. The molecule has 0 saturated heterocycles. The van der Waals surface area contributed by atoms with Crippen LogP contribution in [0.25, 0.3) is 0 Å². The van der Waals surface area contributed by atoms with Gasteiger partial charge in [-0.05, 0) is 32.6 Å².